The summed E-state index contributed by atoms with van der Waals surface area (Å²) in [4.78, 5) is 2.41. The topological polar surface area (TPSA) is 29.3 Å². The number of benzene rings is 1. The first-order valence-corrected chi connectivity index (χ1v) is 8.50. The van der Waals surface area contributed by atoms with Gasteiger partial charge in [0.25, 0.3) is 0 Å². The minimum Gasteiger partial charge on any atom is -0.326 e. The molecule has 0 bridgehead atoms. The SMILES string of the molecule is CCC(CSC)N(C)C(c1ccc(Cl)cc1)C(C)N. The second kappa shape index (κ2) is 8.15. The van der Waals surface area contributed by atoms with Crippen LogP contribution in [0.1, 0.15) is 31.9 Å². The van der Waals surface area contributed by atoms with E-state index in [1.54, 1.807) is 0 Å². The van der Waals surface area contributed by atoms with Gasteiger partial charge in [-0.15, -0.1) is 0 Å². The van der Waals surface area contributed by atoms with E-state index >= 15 is 0 Å². The van der Waals surface area contributed by atoms with Crippen molar-refractivity contribution < 1.29 is 0 Å². The third-order valence-corrected chi connectivity index (χ3v) is 4.52. The number of nitrogens with zero attached hydrogens (tertiary/aromatic N) is 1. The minimum absolute atomic E-state index is 0.0853. The van der Waals surface area contributed by atoms with Crippen molar-refractivity contribution in [2.24, 2.45) is 5.73 Å². The van der Waals surface area contributed by atoms with E-state index in [1.807, 2.05) is 23.9 Å². The fourth-order valence-corrected chi connectivity index (χ4v) is 3.49. The minimum atomic E-state index is 0.0853. The summed E-state index contributed by atoms with van der Waals surface area (Å²) in [6.45, 7) is 4.30. The molecule has 0 aliphatic heterocycles. The first-order valence-electron chi connectivity index (χ1n) is 6.73. The second-order valence-electron chi connectivity index (χ2n) is 5.04. The molecule has 108 valence electrons. The van der Waals surface area contributed by atoms with Crippen LogP contribution in [0.3, 0.4) is 0 Å². The van der Waals surface area contributed by atoms with Crippen molar-refractivity contribution in [2.75, 3.05) is 19.1 Å². The van der Waals surface area contributed by atoms with Crippen LogP contribution < -0.4 is 5.73 Å². The number of hydrogen-bond donors (Lipinski definition) is 1. The van der Waals surface area contributed by atoms with Crippen molar-refractivity contribution in [3.8, 4) is 0 Å². The quantitative estimate of drug-likeness (QED) is 0.830. The highest BCUT2D eigenvalue weighted by Gasteiger charge is 2.25. The zero-order valence-electron chi connectivity index (χ0n) is 12.3. The standard InChI is InChI=1S/C15H25ClN2S/c1-5-14(10-19-4)18(3)15(11(2)17)12-6-8-13(16)9-7-12/h6-9,11,14-15H,5,10,17H2,1-4H3. The van der Waals surface area contributed by atoms with Gasteiger partial charge in [0, 0.05) is 28.9 Å². The average molecular weight is 301 g/mol. The van der Waals surface area contributed by atoms with Gasteiger partial charge in [0.15, 0.2) is 0 Å². The largest absolute Gasteiger partial charge is 0.326 e. The molecule has 0 radical (unpaired) electrons. The van der Waals surface area contributed by atoms with Gasteiger partial charge < -0.3 is 5.73 Å². The molecule has 2 nitrogen and oxygen atoms in total. The van der Waals surface area contributed by atoms with Crippen molar-refractivity contribution in [3.05, 3.63) is 34.9 Å². The predicted octanol–water partition coefficient (Wildman–Crippen LogP) is 3.80. The number of rotatable bonds is 7. The van der Waals surface area contributed by atoms with Crippen molar-refractivity contribution in [1.82, 2.24) is 4.90 Å². The van der Waals surface area contributed by atoms with Crippen LogP contribution in [-0.2, 0) is 0 Å². The maximum absolute atomic E-state index is 6.21. The average Bonchev–Trinajstić information content (AvgIpc) is 2.38. The molecule has 0 aliphatic rings. The molecule has 0 aromatic heterocycles. The highest BCUT2D eigenvalue weighted by Crippen LogP contribution is 2.27. The molecule has 3 atom stereocenters. The van der Waals surface area contributed by atoms with Crippen LogP contribution in [-0.4, -0.2) is 36.0 Å². The molecule has 0 aliphatic carbocycles. The predicted molar refractivity (Wildman–Crippen MR) is 88.1 cm³/mol. The monoisotopic (exact) mass is 300 g/mol. The van der Waals surface area contributed by atoms with Gasteiger partial charge in [-0.05, 0) is 44.3 Å². The third kappa shape index (κ3) is 4.67. The molecule has 2 N–H and O–H groups in total. The van der Waals surface area contributed by atoms with Gasteiger partial charge in [0.2, 0.25) is 0 Å². The Morgan fingerprint density at radius 2 is 1.89 bits per heavy atom. The Hall–Kier alpha value is -0.220. The fourth-order valence-electron chi connectivity index (χ4n) is 2.51. The van der Waals surface area contributed by atoms with Crippen LogP contribution in [0.25, 0.3) is 0 Å². The van der Waals surface area contributed by atoms with Gasteiger partial charge in [-0.2, -0.15) is 11.8 Å². The smallest absolute Gasteiger partial charge is 0.0496 e. The van der Waals surface area contributed by atoms with Crippen molar-refractivity contribution in [1.29, 1.82) is 0 Å². The highest BCUT2D eigenvalue weighted by atomic mass is 35.5. The summed E-state index contributed by atoms with van der Waals surface area (Å²) in [5, 5.41) is 0.769. The maximum atomic E-state index is 6.21. The van der Waals surface area contributed by atoms with Crippen LogP contribution in [0.15, 0.2) is 24.3 Å². The van der Waals surface area contributed by atoms with Gasteiger partial charge in [0.1, 0.15) is 0 Å². The second-order valence-corrected chi connectivity index (χ2v) is 6.39. The molecule has 0 fully saturated rings. The molecule has 19 heavy (non-hydrogen) atoms. The fraction of sp³-hybridized carbons (Fsp3) is 0.600. The summed E-state index contributed by atoms with van der Waals surface area (Å²) in [5.74, 6) is 1.13. The first-order chi connectivity index (χ1) is 9.01. The molecule has 3 unspecified atom stereocenters. The van der Waals surface area contributed by atoms with E-state index in [-0.39, 0.29) is 12.1 Å². The lowest BCUT2D eigenvalue weighted by Gasteiger charge is -2.37. The van der Waals surface area contributed by atoms with Crippen LogP contribution in [0, 0.1) is 0 Å². The van der Waals surface area contributed by atoms with Crippen LogP contribution >= 0.6 is 23.4 Å². The number of halogens is 1. The number of nitrogens with two attached hydrogens (primary N) is 1. The third-order valence-electron chi connectivity index (χ3n) is 3.55. The summed E-state index contributed by atoms with van der Waals surface area (Å²) in [6.07, 6.45) is 3.29. The van der Waals surface area contributed by atoms with E-state index in [0.29, 0.717) is 6.04 Å². The zero-order valence-corrected chi connectivity index (χ0v) is 13.8. The van der Waals surface area contributed by atoms with E-state index in [2.05, 4.69) is 44.2 Å². The maximum Gasteiger partial charge on any atom is 0.0496 e. The molecule has 0 saturated carbocycles. The van der Waals surface area contributed by atoms with E-state index in [4.69, 9.17) is 17.3 Å². The van der Waals surface area contributed by atoms with Gasteiger partial charge >= 0.3 is 0 Å². The Morgan fingerprint density at radius 3 is 2.32 bits per heavy atom. The van der Waals surface area contributed by atoms with Crippen molar-refractivity contribution >= 4 is 23.4 Å². The van der Waals surface area contributed by atoms with Crippen molar-refractivity contribution in [3.63, 3.8) is 0 Å². The summed E-state index contributed by atoms with van der Waals surface area (Å²) in [6, 6.07) is 8.90. The van der Waals surface area contributed by atoms with Gasteiger partial charge in [0.05, 0.1) is 0 Å². The van der Waals surface area contributed by atoms with Gasteiger partial charge in [-0.3, -0.25) is 4.90 Å². The summed E-state index contributed by atoms with van der Waals surface area (Å²) >= 11 is 7.85. The number of hydrogen-bond acceptors (Lipinski definition) is 3. The summed E-state index contributed by atoms with van der Waals surface area (Å²) < 4.78 is 0. The number of thioether (sulfide) groups is 1. The Balaban J connectivity index is 2.96. The van der Waals surface area contributed by atoms with Crippen LogP contribution in [0.5, 0.6) is 0 Å². The van der Waals surface area contributed by atoms with Crippen LogP contribution in [0.4, 0.5) is 0 Å². The summed E-state index contributed by atoms with van der Waals surface area (Å²) in [7, 11) is 2.17. The normalized spacial score (nSPS) is 16.4. The van der Waals surface area contributed by atoms with E-state index < -0.39 is 0 Å². The zero-order chi connectivity index (χ0) is 14.4. The highest BCUT2D eigenvalue weighted by molar-refractivity contribution is 7.98. The van der Waals surface area contributed by atoms with Crippen molar-refractivity contribution in [2.45, 2.75) is 38.4 Å². The molecule has 1 rings (SSSR count). The molecular weight excluding hydrogens is 276 g/mol. The molecular formula is C15H25ClN2S. The number of likely N-dealkylation sites (N-methyl/N-ethyl adjacent to an activating group) is 1. The molecule has 4 heteroatoms. The molecule has 0 saturated heterocycles. The van der Waals surface area contributed by atoms with E-state index in [1.165, 1.54) is 5.56 Å². The van der Waals surface area contributed by atoms with Crippen LogP contribution in [0.2, 0.25) is 5.02 Å². The molecule has 0 amide bonds. The lowest BCUT2D eigenvalue weighted by Crippen LogP contribution is -2.43. The Labute approximate surface area is 126 Å². The molecule has 0 heterocycles. The van der Waals surface area contributed by atoms with E-state index in [0.717, 1.165) is 17.2 Å². The first kappa shape index (κ1) is 16.8. The Bertz CT molecular complexity index is 367. The van der Waals surface area contributed by atoms with Gasteiger partial charge in [-0.25, -0.2) is 0 Å². The lowest BCUT2D eigenvalue weighted by atomic mass is 9.98. The lowest BCUT2D eigenvalue weighted by molar-refractivity contribution is 0.164. The molecule has 1 aromatic carbocycles. The molecule has 1 aromatic rings. The summed E-state index contributed by atoms with van der Waals surface area (Å²) in [5.41, 5.74) is 7.45. The Kier molecular flexibility index (Phi) is 7.22. The Morgan fingerprint density at radius 1 is 1.32 bits per heavy atom. The van der Waals surface area contributed by atoms with Gasteiger partial charge in [-0.1, -0.05) is 30.7 Å². The molecule has 0 spiro atoms. The van der Waals surface area contributed by atoms with E-state index in [9.17, 15) is 0 Å².